The summed E-state index contributed by atoms with van der Waals surface area (Å²) >= 11 is 0. The third kappa shape index (κ3) is 7.64. The number of hydrogen-bond acceptors (Lipinski definition) is 4. The van der Waals surface area contributed by atoms with Crippen molar-refractivity contribution in [3.8, 4) is 0 Å². The van der Waals surface area contributed by atoms with E-state index in [9.17, 15) is 13.6 Å². The molecular formula is C24H33F2N4OP. The van der Waals surface area contributed by atoms with E-state index in [0.717, 1.165) is 36.3 Å². The maximum Gasteiger partial charge on any atom is 0.299 e. The van der Waals surface area contributed by atoms with Crippen LogP contribution in [0.3, 0.4) is 0 Å². The predicted octanol–water partition coefficient (Wildman–Crippen LogP) is 5.44. The Morgan fingerprint density at radius 1 is 1.22 bits per heavy atom. The van der Waals surface area contributed by atoms with Gasteiger partial charge in [-0.1, -0.05) is 54.5 Å². The first-order valence-corrected chi connectivity index (χ1v) is 11.6. The second kappa shape index (κ2) is 12.6. The lowest BCUT2D eigenvalue weighted by molar-refractivity contribution is 0.0927. The quantitative estimate of drug-likeness (QED) is 0.326. The van der Waals surface area contributed by atoms with E-state index < -0.39 is 5.66 Å². The number of halogens is 2. The molecule has 1 heterocycles. The number of allylic oxidation sites excluding steroid dienone is 2. The molecule has 1 unspecified atom stereocenters. The van der Waals surface area contributed by atoms with Gasteiger partial charge >= 0.3 is 0 Å². The highest BCUT2D eigenvalue weighted by Gasteiger charge is 2.32. The predicted molar refractivity (Wildman–Crippen MR) is 129 cm³/mol. The summed E-state index contributed by atoms with van der Waals surface area (Å²) in [6.45, 7) is 4.00. The average molecular weight is 463 g/mol. The summed E-state index contributed by atoms with van der Waals surface area (Å²) in [5.74, 6) is 5.87. The SMILES string of the molecule is CC.NN(/C(=C\Cc1cccnc1)C(F)(F)P)c1ccc(C(=O)NC2CCCCC2)cc1. The minimum atomic E-state index is -3.21. The van der Waals surface area contributed by atoms with E-state index in [1.807, 2.05) is 19.9 Å². The third-order valence-corrected chi connectivity index (χ3v) is 5.50. The highest BCUT2D eigenvalue weighted by Crippen LogP contribution is 2.34. The van der Waals surface area contributed by atoms with Gasteiger partial charge in [0.15, 0.2) is 0 Å². The standard InChI is InChI=1S/C22H27F2N4OP.C2H6/c23-22(24,30)20(13-8-16-5-4-14-26-15-16)28(25)19-11-9-17(10-12-19)21(29)27-18-6-2-1-3-7-18;1-2/h4-5,9-15,18H,1-3,6-8,25,30H2,(H,27,29);1-2H3/b20-13-;. The number of hydrogen-bond donors (Lipinski definition) is 2. The van der Waals surface area contributed by atoms with Gasteiger partial charge in [-0.05, 0) is 55.2 Å². The number of carbonyl (C=O) groups excluding carboxylic acids is 1. The van der Waals surface area contributed by atoms with E-state index in [1.54, 1.807) is 42.7 Å². The minimum Gasteiger partial charge on any atom is -0.349 e. The first kappa shape index (κ1) is 25.9. The summed E-state index contributed by atoms with van der Waals surface area (Å²) < 4.78 is 28.4. The van der Waals surface area contributed by atoms with Crippen LogP contribution in [0.25, 0.3) is 0 Å². The molecule has 2 aromatic rings. The Morgan fingerprint density at radius 2 is 1.88 bits per heavy atom. The van der Waals surface area contributed by atoms with Crippen LogP contribution in [0.4, 0.5) is 14.5 Å². The van der Waals surface area contributed by atoms with E-state index >= 15 is 0 Å². The molecule has 174 valence electrons. The van der Waals surface area contributed by atoms with E-state index in [1.165, 1.54) is 21.7 Å². The molecule has 5 nitrogen and oxygen atoms in total. The molecule has 1 fully saturated rings. The van der Waals surface area contributed by atoms with Gasteiger partial charge in [-0.2, -0.15) is 8.78 Å². The molecule has 0 radical (unpaired) electrons. The summed E-state index contributed by atoms with van der Waals surface area (Å²) in [7, 11) is 1.52. The molecule has 1 aliphatic rings. The molecule has 3 N–H and O–H groups in total. The molecule has 1 aromatic heterocycles. The van der Waals surface area contributed by atoms with Crippen LogP contribution in [-0.4, -0.2) is 22.6 Å². The van der Waals surface area contributed by atoms with Crippen LogP contribution >= 0.6 is 9.24 Å². The van der Waals surface area contributed by atoms with Crippen LogP contribution in [0.2, 0.25) is 0 Å². The molecule has 1 aromatic carbocycles. The fraction of sp³-hybridized carbons (Fsp3) is 0.417. The van der Waals surface area contributed by atoms with Gasteiger partial charge in [-0.15, -0.1) is 0 Å². The number of nitrogens with two attached hydrogens (primary N) is 1. The number of pyridine rings is 1. The number of aromatic nitrogens is 1. The van der Waals surface area contributed by atoms with Crippen molar-refractivity contribution in [1.29, 1.82) is 0 Å². The van der Waals surface area contributed by atoms with Crippen molar-refractivity contribution in [3.63, 3.8) is 0 Å². The average Bonchev–Trinajstić information content (AvgIpc) is 2.81. The summed E-state index contributed by atoms with van der Waals surface area (Å²) in [4.78, 5) is 16.4. The lowest BCUT2D eigenvalue weighted by Gasteiger charge is -2.26. The van der Waals surface area contributed by atoms with Crippen molar-refractivity contribution in [2.75, 3.05) is 5.01 Å². The largest absolute Gasteiger partial charge is 0.349 e. The van der Waals surface area contributed by atoms with Crippen LogP contribution in [0, 0.1) is 0 Å². The third-order valence-electron chi connectivity index (χ3n) is 5.20. The molecular weight excluding hydrogens is 429 g/mol. The van der Waals surface area contributed by atoms with Gasteiger partial charge in [0.25, 0.3) is 11.6 Å². The lowest BCUT2D eigenvalue weighted by atomic mass is 9.95. The zero-order valence-electron chi connectivity index (χ0n) is 18.7. The molecule has 1 atom stereocenters. The molecule has 1 amide bonds. The minimum absolute atomic E-state index is 0.152. The molecule has 0 saturated heterocycles. The number of rotatable bonds is 7. The van der Waals surface area contributed by atoms with Gasteiger partial charge in [0.2, 0.25) is 0 Å². The fourth-order valence-electron chi connectivity index (χ4n) is 3.56. The first-order valence-electron chi connectivity index (χ1n) is 11.1. The molecule has 1 saturated carbocycles. The topological polar surface area (TPSA) is 71.2 Å². The number of nitrogens with zero attached hydrogens (tertiary/aromatic N) is 2. The van der Waals surface area contributed by atoms with Crippen molar-refractivity contribution in [1.82, 2.24) is 10.3 Å². The first-order chi connectivity index (χ1) is 15.3. The Morgan fingerprint density at radius 3 is 2.44 bits per heavy atom. The number of nitrogens with one attached hydrogen (secondary N) is 1. The van der Waals surface area contributed by atoms with Gasteiger partial charge in [-0.3, -0.25) is 14.8 Å². The molecule has 0 aliphatic heterocycles. The Labute approximate surface area is 191 Å². The maximum atomic E-state index is 14.2. The van der Waals surface area contributed by atoms with Crippen molar-refractivity contribution < 1.29 is 13.6 Å². The second-order valence-corrected chi connectivity index (χ2v) is 8.23. The zero-order valence-corrected chi connectivity index (χ0v) is 19.9. The molecule has 3 rings (SSSR count). The van der Waals surface area contributed by atoms with E-state index in [4.69, 9.17) is 5.84 Å². The monoisotopic (exact) mass is 462 g/mol. The summed E-state index contributed by atoms with van der Waals surface area (Å²) in [6, 6.07) is 10.1. The number of amides is 1. The van der Waals surface area contributed by atoms with Gasteiger partial charge in [0.1, 0.15) is 5.70 Å². The van der Waals surface area contributed by atoms with Gasteiger partial charge in [0.05, 0.1) is 5.69 Å². The Balaban J connectivity index is 0.00000176. The number of anilines is 1. The number of carbonyl (C=O) groups is 1. The summed E-state index contributed by atoms with van der Waals surface area (Å²) in [5, 5.41) is 4.00. The van der Waals surface area contributed by atoms with Crippen molar-refractivity contribution in [2.45, 2.75) is 64.1 Å². The molecule has 32 heavy (non-hydrogen) atoms. The Bertz CT molecular complexity index is 864. The highest BCUT2D eigenvalue weighted by atomic mass is 31.0. The van der Waals surface area contributed by atoms with Gasteiger partial charge in [-0.25, -0.2) is 5.84 Å². The van der Waals surface area contributed by atoms with E-state index in [-0.39, 0.29) is 24.1 Å². The zero-order chi connectivity index (χ0) is 23.6. The molecule has 1 aliphatic carbocycles. The summed E-state index contributed by atoms with van der Waals surface area (Å²) in [6.07, 6.45) is 10.4. The van der Waals surface area contributed by atoms with Crippen LogP contribution in [-0.2, 0) is 6.42 Å². The Kier molecular flexibility index (Phi) is 10.2. The van der Waals surface area contributed by atoms with Crippen LogP contribution in [0.5, 0.6) is 0 Å². The number of benzene rings is 1. The lowest BCUT2D eigenvalue weighted by Crippen LogP contribution is -2.37. The van der Waals surface area contributed by atoms with Crippen LogP contribution in [0.15, 0.2) is 60.6 Å². The van der Waals surface area contributed by atoms with E-state index in [2.05, 4.69) is 10.3 Å². The van der Waals surface area contributed by atoms with Crippen LogP contribution < -0.4 is 16.2 Å². The smallest absolute Gasteiger partial charge is 0.299 e. The number of hydrazine groups is 1. The van der Waals surface area contributed by atoms with E-state index in [0.29, 0.717) is 11.3 Å². The molecule has 8 heteroatoms. The molecule has 0 bridgehead atoms. The van der Waals surface area contributed by atoms with Crippen molar-refractivity contribution in [3.05, 3.63) is 71.7 Å². The molecule has 0 spiro atoms. The second-order valence-electron chi connectivity index (χ2n) is 7.50. The Hall–Kier alpha value is -2.37. The summed E-state index contributed by atoms with van der Waals surface area (Å²) in [5.41, 5.74) is -1.92. The maximum absolute atomic E-state index is 14.2. The van der Waals surface area contributed by atoms with Gasteiger partial charge < -0.3 is 5.32 Å². The van der Waals surface area contributed by atoms with Crippen molar-refractivity contribution >= 4 is 20.8 Å². The van der Waals surface area contributed by atoms with Crippen LogP contribution in [0.1, 0.15) is 61.9 Å². The normalized spacial score (nSPS) is 14.9. The van der Waals surface area contributed by atoms with Gasteiger partial charge in [0, 0.05) is 24.0 Å². The highest BCUT2D eigenvalue weighted by molar-refractivity contribution is 7.18. The fourth-order valence-corrected chi connectivity index (χ4v) is 3.81. The number of alkyl halides is 2. The van der Waals surface area contributed by atoms with Crippen molar-refractivity contribution in [2.24, 2.45) is 5.84 Å².